The van der Waals surface area contributed by atoms with Crippen molar-refractivity contribution in [2.24, 2.45) is 0 Å². The molecule has 0 aromatic heterocycles. The van der Waals surface area contributed by atoms with E-state index in [1.54, 1.807) is 0 Å². The first-order chi connectivity index (χ1) is 9.82. The summed E-state index contributed by atoms with van der Waals surface area (Å²) in [5.41, 5.74) is -3.56. The van der Waals surface area contributed by atoms with E-state index in [9.17, 15) is 31.1 Å². The molecule has 1 amide bonds. The molecule has 1 aliphatic rings. The lowest BCUT2D eigenvalue weighted by molar-refractivity contribution is -0.143. The fraction of sp³-hybridized carbons (Fsp3) is 0.417. The molecule has 1 aliphatic heterocycles. The van der Waals surface area contributed by atoms with Gasteiger partial charge < -0.3 is 4.90 Å². The summed E-state index contributed by atoms with van der Waals surface area (Å²) >= 11 is 11.3. The van der Waals surface area contributed by atoms with E-state index in [4.69, 9.17) is 23.2 Å². The van der Waals surface area contributed by atoms with E-state index in [-0.39, 0.29) is 19.0 Å². The number of hydrogen-bond acceptors (Lipinski definition) is 1. The maximum Gasteiger partial charge on any atom is 0.416 e. The number of nitrogens with zero attached hydrogens (tertiary/aromatic N) is 1. The number of alkyl halides is 8. The zero-order chi connectivity index (χ0) is 16.9. The van der Waals surface area contributed by atoms with E-state index >= 15 is 0 Å². The van der Waals surface area contributed by atoms with Crippen LogP contribution in [0.4, 0.5) is 32.0 Å². The third kappa shape index (κ3) is 3.27. The van der Waals surface area contributed by atoms with E-state index in [2.05, 4.69) is 0 Å². The topological polar surface area (TPSA) is 20.3 Å². The Labute approximate surface area is 130 Å². The molecular formula is C12H7Cl2F6NO. The first kappa shape index (κ1) is 17.2. The SMILES string of the molecule is O=C1N(c2cc(C(F)(F)F)cc(C(F)(F)F)c2)CCC1(Cl)Cl. The third-order valence-electron chi connectivity index (χ3n) is 3.09. The van der Waals surface area contributed by atoms with Gasteiger partial charge in [-0.2, -0.15) is 26.3 Å². The Morgan fingerprint density at radius 1 is 0.955 bits per heavy atom. The van der Waals surface area contributed by atoms with Crippen molar-refractivity contribution < 1.29 is 31.1 Å². The number of benzene rings is 1. The molecule has 0 radical (unpaired) electrons. The molecule has 2 rings (SSSR count). The van der Waals surface area contributed by atoms with Crippen molar-refractivity contribution in [3.05, 3.63) is 29.3 Å². The van der Waals surface area contributed by atoms with E-state index in [0.717, 1.165) is 0 Å². The molecule has 1 aromatic rings. The van der Waals surface area contributed by atoms with Gasteiger partial charge in [0.15, 0.2) is 4.33 Å². The number of amides is 1. The number of rotatable bonds is 1. The van der Waals surface area contributed by atoms with Gasteiger partial charge in [-0.3, -0.25) is 4.79 Å². The minimum absolute atomic E-state index is 0.0152. The fourth-order valence-corrected chi connectivity index (χ4v) is 2.37. The largest absolute Gasteiger partial charge is 0.416 e. The quantitative estimate of drug-likeness (QED) is 0.524. The molecule has 1 heterocycles. The number of anilines is 1. The van der Waals surface area contributed by atoms with Crippen molar-refractivity contribution in [2.75, 3.05) is 11.4 Å². The average molecular weight is 366 g/mol. The molecule has 0 N–H and O–H groups in total. The molecular weight excluding hydrogens is 359 g/mol. The van der Waals surface area contributed by atoms with E-state index in [0.29, 0.717) is 17.0 Å². The van der Waals surface area contributed by atoms with Gasteiger partial charge in [0.2, 0.25) is 0 Å². The fourth-order valence-electron chi connectivity index (χ4n) is 2.00. The molecule has 1 aromatic carbocycles. The molecule has 0 bridgehead atoms. The van der Waals surface area contributed by atoms with Crippen LogP contribution in [0.25, 0.3) is 0 Å². The van der Waals surface area contributed by atoms with Crippen LogP contribution in [0.1, 0.15) is 17.5 Å². The zero-order valence-corrected chi connectivity index (χ0v) is 12.0. The van der Waals surface area contributed by atoms with Gasteiger partial charge >= 0.3 is 12.4 Å². The van der Waals surface area contributed by atoms with E-state index in [1.807, 2.05) is 0 Å². The summed E-state index contributed by atoms with van der Waals surface area (Å²) in [5.74, 6) is -0.955. The minimum atomic E-state index is -4.99. The summed E-state index contributed by atoms with van der Waals surface area (Å²) in [6, 6.07) is 0.906. The van der Waals surface area contributed by atoms with Crippen molar-refractivity contribution in [2.45, 2.75) is 23.1 Å². The lowest BCUT2D eigenvalue weighted by Gasteiger charge is -2.21. The van der Waals surface area contributed by atoms with Gasteiger partial charge in [-0.1, -0.05) is 23.2 Å². The van der Waals surface area contributed by atoms with E-state index < -0.39 is 39.4 Å². The lowest BCUT2D eigenvalue weighted by Crippen LogP contribution is -2.32. The molecule has 0 aliphatic carbocycles. The highest BCUT2D eigenvalue weighted by atomic mass is 35.5. The summed E-state index contributed by atoms with van der Waals surface area (Å²) in [4.78, 5) is 12.6. The summed E-state index contributed by atoms with van der Waals surface area (Å²) in [6.07, 6.45) is -10.1. The number of carbonyl (C=O) groups is 1. The number of halogens is 8. The van der Waals surface area contributed by atoms with Crippen LogP contribution in [0.5, 0.6) is 0 Å². The van der Waals surface area contributed by atoms with Crippen LogP contribution < -0.4 is 4.90 Å². The van der Waals surface area contributed by atoms with Crippen molar-refractivity contribution in [1.82, 2.24) is 0 Å². The molecule has 0 spiro atoms. The van der Waals surface area contributed by atoms with E-state index in [1.165, 1.54) is 0 Å². The Hall–Kier alpha value is -1.15. The first-order valence-electron chi connectivity index (χ1n) is 5.82. The van der Waals surface area contributed by atoms with Crippen molar-refractivity contribution >= 4 is 34.8 Å². The smallest absolute Gasteiger partial charge is 0.310 e. The van der Waals surface area contributed by atoms with Crippen LogP contribution in [0.2, 0.25) is 0 Å². The number of carbonyl (C=O) groups excluding carboxylic acids is 1. The molecule has 1 fully saturated rings. The Balaban J connectivity index is 2.55. The molecule has 0 saturated carbocycles. The molecule has 122 valence electrons. The second-order valence-electron chi connectivity index (χ2n) is 4.68. The summed E-state index contributed by atoms with van der Waals surface area (Å²) in [7, 11) is 0. The highest BCUT2D eigenvalue weighted by Crippen LogP contribution is 2.41. The average Bonchev–Trinajstić information content (AvgIpc) is 2.62. The maximum absolute atomic E-state index is 12.7. The van der Waals surface area contributed by atoms with Crippen molar-refractivity contribution in [3.63, 3.8) is 0 Å². The predicted octanol–water partition coefficient (Wildman–Crippen LogP) is 4.63. The van der Waals surface area contributed by atoms with Gasteiger partial charge in [0, 0.05) is 18.7 Å². The summed E-state index contributed by atoms with van der Waals surface area (Å²) < 4.78 is 74.6. The van der Waals surface area contributed by atoms with Crippen molar-refractivity contribution in [3.8, 4) is 0 Å². The van der Waals surface area contributed by atoms with Gasteiger partial charge in [-0.15, -0.1) is 0 Å². The predicted molar refractivity (Wildman–Crippen MR) is 67.9 cm³/mol. The Bertz CT molecular complexity index is 578. The summed E-state index contributed by atoms with van der Waals surface area (Å²) in [6.45, 7) is -0.176. The lowest BCUT2D eigenvalue weighted by atomic mass is 10.1. The van der Waals surface area contributed by atoms with Gasteiger partial charge in [0.1, 0.15) is 0 Å². The van der Waals surface area contributed by atoms with Gasteiger partial charge in [-0.25, -0.2) is 0 Å². The summed E-state index contributed by atoms with van der Waals surface area (Å²) in [5, 5.41) is 0. The normalized spacial score (nSPS) is 18.9. The second-order valence-corrected chi connectivity index (χ2v) is 6.16. The maximum atomic E-state index is 12.7. The molecule has 1 saturated heterocycles. The van der Waals surface area contributed by atoms with Crippen LogP contribution in [0.3, 0.4) is 0 Å². The highest BCUT2D eigenvalue weighted by molar-refractivity contribution is 6.59. The molecule has 10 heteroatoms. The third-order valence-corrected chi connectivity index (χ3v) is 3.79. The standard InChI is InChI=1S/C12H7Cl2F6NO/c13-10(14)1-2-21(9(10)22)8-4-6(11(15,16)17)3-7(5-8)12(18,19)20/h3-5H,1-2H2. The molecule has 0 unspecified atom stereocenters. The monoisotopic (exact) mass is 365 g/mol. The van der Waals surface area contributed by atoms with Gasteiger partial charge in [-0.05, 0) is 18.2 Å². The van der Waals surface area contributed by atoms with Crippen LogP contribution in [-0.2, 0) is 17.1 Å². The Kier molecular flexibility index (Phi) is 4.06. The van der Waals surface area contributed by atoms with Crippen LogP contribution >= 0.6 is 23.2 Å². The zero-order valence-electron chi connectivity index (χ0n) is 10.5. The van der Waals surface area contributed by atoms with Crippen LogP contribution in [0.15, 0.2) is 18.2 Å². The second kappa shape index (κ2) is 5.19. The molecule has 22 heavy (non-hydrogen) atoms. The molecule has 2 nitrogen and oxygen atoms in total. The highest BCUT2D eigenvalue weighted by Gasteiger charge is 2.45. The molecule has 0 atom stereocenters. The van der Waals surface area contributed by atoms with Crippen LogP contribution in [0, 0.1) is 0 Å². The van der Waals surface area contributed by atoms with Gasteiger partial charge in [0.05, 0.1) is 11.1 Å². The van der Waals surface area contributed by atoms with Crippen molar-refractivity contribution in [1.29, 1.82) is 0 Å². The first-order valence-corrected chi connectivity index (χ1v) is 6.57. The number of hydrogen-bond donors (Lipinski definition) is 0. The Morgan fingerprint density at radius 2 is 1.41 bits per heavy atom. The Morgan fingerprint density at radius 3 is 1.73 bits per heavy atom. The minimum Gasteiger partial charge on any atom is -0.310 e. The van der Waals surface area contributed by atoms with Gasteiger partial charge in [0.25, 0.3) is 5.91 Å². The van der Waals surface area contributed by atoms with Crippen LogP contribution in [-0.4, -0.2) is 16.8 Å².